The van der Waals surface area contributed by atoms with Crippen molar-refractivity contribution < 1.29 is 9.53 Å². The molecule has 0 bridgehead atoms. The van der Waals surface area contributed by atoms with Gasteiger partial charge in [-0.25, -0.2) is 5.01 Å². The molecule has 1 amide bonds. The Kier molecular flexibility index (Phi) is 8.37. The van der Waals surface area contributed by atoms with Crippen molar-refractivity contribution in [3.8, 4) is 5.75 Å². The van der Waals surface area contributed by atoms with Crippen LogP contribution in [0.2, 0.25) is 0 Å². The van der Waals surface area contributed by atoms with E-state index in [9.17, 15) is 4.79 Å². The first-order valence-electron chi connectivity index (χ1n) is 13.1. The summed E-state index contributed by atoms with van der Waals surface area (Å²) in [4.78, 5) is 15.9. The van der Waals surface area contributed by atoms with Crippen molar-refractivity contribution in [2.24, 2.45) is 11.0 Å². The summed E-state index contributed by atoms with van der Waals surface area (Å²) in [6.45, 7) is 2.89. The minimum absolute atomic E-state index is 0.0827. The Labute approximate surface area is 228 Å². The lowest BCUT2D eigenvalue weighted by molar-refractivity contribution is -0.133. The van der Waals surface area contributed by atoms with Crippen molar-refractivity contribution in [1.29, 1.82) is 0 Å². The number of piperidine rings is 1. The normalized spacial score (nSPS) is 18.6. The van der Waals surface area contributed by atoms with Crippen molar-refractivity contribution in [1.82, 2.24) is 9.91 Å². The van der Waals surface area contributed by atoms with Gasteiger partial charge in [-0.3, -0.25) is 4.79 Å². The minimum Gasteiger partial charge on any atom is -0.497 e. The zero-order valence-electron chi connectivity index (χ0n) is 21.4. The Morgan fingerprint density at radius 3 is 2.35 bits per heavy atom. The lowest BCUT2D eigenvalue weighted by Gasteiger charge is -2.32. The zero-order chi connectivity index (χ0) is 25.6. The lowest BCUT2D eigenvalue weighted by atomic mass is 9.90. The number of carbonyl (C=O) groups excluding carboxylic acids is 1. The van der Waals surface area contributed by atoms with Crippen LogP contribution >= 0.6 is 15.9 Å². The van der Waals surface area contributed by atoms with Gasteiger partial charge in [0.05, 0.1) is 18.9 Å². The number of carbonyl (C=O) groups is 1. The van der Waals surface area contributed by atoms with Gasteiger partial charge in [0, 0.05) is 23.9 Å². The van der Waals surface area contributed by atoms with E-state index in [0.717, 1.165) is 59.0 Å². The Bertz CT molecular complexity index is 1200. The van der Waals surface area contributed by atoms with Gasteiger partial charge in [0.1, 0.15) is 5.75 Å². The Balaban J connectivity index is 1.22. The van der Waals surface area contributed by atoms with Gasteiger partial charge in [-0.1, -0.05) is 70.5 Å². The van der Waals surface area contributed by atoms with E-state index in [1.165, 1.54) is 18.4 Å². The Morgan fingerprint density at radius 2 is 1.68 bits per heavy atom. The summed E-state index contributed by atoms with van der Waals surface area (Å²) in [6.07, 6.45) is 4.70. The molecule has 1 fully saturated rings. The number of nitrogens with zero attached hydrogens (tertiary/aromatic N) is 3. The van der Waals surface area contributed by atoms with Crippen LogP contribution in [0.15, 0.2) is 88.4 Å². The van der Waals surface area contributed by atoms with Crippen molar-refractivity contribution >= 4 is 27.5 Å². The Hall–Kier alpha value is -2.96. The summed E-state index contributed by atoms with van der Waals surface area (Å²) in [5.74, 6) is 1.62. The third-order valence-electron chi connectivity index (χ3n) is 7.56. The molecule has 37 heavy (non-hydrogen) atoms. The fourth-order valence-corrected chi connectivity index (χ4v) is 5.64. The molecule has 2 heterocycles. The maximum atomic E-state index is 13.5. The van der Waals surface area contributed by atoms with E-state index < -0.39 is 0 Å². The maximum absolute atomic E-state index is 13.5. The molecule has 0 saturated carbocycles. The monoisotopic (exact) mass is 559 g/mol. The van der Waals surface area contributed by atoms with Crippen molar-refractivity contribution in [2.75, 3.05) is 26.7 Å². The third kappa shape index (κ3) is 6.49. The molecule has 2 aliphatic heterocycles. The molecular weight excluding hydrogens is 526 g/mol. The number of amides is 1. The molecule has 192 valence electrons. The van der Waals surface area contributed by atoms with Crippen LogP contribution in [0.5, 0.6) is 5.75 Å². The highest BCUT2D eigenvalue weighted by Crippen LogP contribution is 2.34. The second-order valence-corrected chi connectivity index (χ2v) is 10.9. The highest BCUT2D eigenvalue weighted by atomic mass is 79.9. The molecule has 1 atom stereocenters. The van der Waals surface area contributed by atoms with Gasteiger partial charge >= 0.3 is 0 Å². The number of hydrogen-bond donors (Lipinski definition) is 0. The highest BCUT2D eigenvalue weighted by molar-refractivity contribution is 9.10. The van der Waals surface area contributed by atoms with Crippen molar-refractivity contribution in [3.63, 3.8) is 0 Å². The molecule has 5 rings (SSSR count). The molecule has 0 aromatic heterocycles. The van der Waals surface area contributed by atoms with Crippen LogP contribution in [-0.4, -0.2) is 48.3 Å². The molecular formula is C31H34BrN3O2. The SMILES string of the molecule is COc1ccc(C2CC(c3ccc(Br)cc3)=NN2C(=O)CCN2CCC(Cc3ccccc3)CC2)cc1. The minimum atomic E-state index is -0.103. The third-order valence-corrected chi connectivity index (χ3v) is 8.09. The van der Waals surface area contributed by atoms with Crippen LogP contribution in [0.3, 0.4) is 0 Å². The van der Waals surface area contributed by atoms with Crippen LogP contribution in [-0.2, 0) is 11.2 Å². The smallest absolute Gasteiger partial charge is 0.244 e. The average molecular weight is 561 g/mol. The van der Waals surface area contributed by atoms with Crippen LogP contribution in [0.25, 0.3) is 0 Å². The van der Waals surface area contributed by atoms with E-state index in [-0.39, 0.29) is 11.9 Å². The van der Waals surface area contributed by atoms with Gasteiger partial charge in [0.2, 0.25) is 5.91 Å². The second-order valence-electron chi connectivity index (χ2n) is 10.0. The molecule has 1 unspecified atom stereocenters. The zero-order valence-corrected chi connectivity index (χ0v) is 22.9. The number of benzene rings is 3. The molecule has 0 N–H and O–H groups in total. The number of halogens is 1. The van der Waals surface area contributed by atoms with E-state index in [1.807, 2.05) is 36.4 Å². The molecule has 6 heteroatoms. The fraction of sp³-hybridized carbons (Fsp3) is 0.355. The maximum Gasteiger partial charge on any atom is 0.244 e. The number of rotatable bonds is 8. The van der Waals surface area contributed by atoms with Crippen LogP contribution in [0.4, 0.5) is 0 Å². The molecule has 0 radical (unpaired) electrons. The number of methoxy groups -OCH3 is 1. The fourth-order valence-electron chi connectivity index (χ4n) is 5.37. The highest BCUT2D eigenvalue weighted by Gasteiger charge is 2.33. The molecule has 3 aromatic rings. The number of hydrogen-bond acceptors (Lipinski definition) is 4. The summed E-state index contributed by atoms with van der Waals surface area (Å²) < 4.78 is 6.36. The quantitative estimate of drug-likeness (QED) is 0.317. The molecule has 5 nitrogen and oxygen atoms in total. The topological polar surface area (TPSA) is 45.1 Å². The van der Waals surface area contributed by atoms with E-state index in [2.05, 4.69) is 63.3 Å². The van der Waals surface area contributed by atoms with Crippen LogP contribution in [0.1, 0.15) is 48.4 Å². The van der Waals surface area contributed by atoms with E-state index in [0.29, 0.717) is 12.8 Å². The number of hydrazone groups is 1. The summed E-state index contributed by atoms with van der Waals surface area (Å²) in [5.41, 5.74) is 4.50. The molecule has 1 saturated heterocycles. The first-order valence-corrected chi connectivity index (χ1v) is 13.9. The second kappa shape index (κ2) is 12.1. The number of ether oxygens (including phenoxy) is 1. The van der Waals surface area contributed by atoms with E-state index in [4.69, 9.17) is 9.84 Å². The van der Waals surface area contributed by atoms with Crippen molar-refractivity contribution in [2.45, 2.75) is 38.1 Å². The molecule has 0 aliphatic carbocycles. The van der Waals surface area contributed by atoms with Gasteiger partial charge in [-0.05, 0) is 79.2 Å². The predicted molar refractivity (Wildman–Crippen MR) is 152 cm³/mol. The summed E-state index contributed by atoms with van der Waals surface area (Å²) in [7, 11) is 1.67. The first kappa shape index (κ1) is 25.7. The summed E-state index contributed by atoms with van der Waals surface area (Å²) in [5, 5.41) is 6.57. The standard InChI is InChI=1S/C31H34BrN3O2/c1-37-28-13-9-26(10-14-28)30-22-29(25-7-11-27(32)12-8-25)33-35(30)31(36)17-20-34-18-15-24(16-19-34)21-23-5-3-2-4-6-23/h2-14,24,30H,15-22H2,1H3. The average Bonchev–Trinajstić information content (AvgIpc) is 3.39. The van der Waals surface area contributed by atoms with Crippen LogP contribution in [0, 0.1) is 5.92 Å². The molecule has 0 spiro atoms. The Morgan fingerprint density at radius 1 is 0.973 bits per heavy atom. The van der Waals surface area contributed by atoms with Crippen LogP contribution < -0.4 is 4.74 Å². The van der Waals surface area contributed by atoms with Gasteiger partial charge in [-0.2, -0.15) is 5.10 Å². The van der Waals surface area contributed by atoms with Gasteiger partial charge in [0.15, 0.2) is 0 Å². The van der Waals surface area contributed by atoms with Gasteiger partial charge < -0.3 is 9.64 Å². The van der Waals surface area contributed by atoms with Crippen molar-refractivity contribution in [3.05, 3.63) is 100 Å². The van der Waals surface area contributed by atoms with E-state index >= 15 is 0 Å². The summed E-state index contributed by atoms with van der Waals surface area (Å²) in [6, 6.07) is 26.8. The first-order chi connectivity index (χ1) is 18.1. The lowest BCUT2D eigenvalue weighted by Crippen LogP contribution is -2.37. The molecule has 3 aromatic carbocycles. The summed E-state index contributed by atoms with van der Waals surface area (Å²) >= 11 is 3.51. The molecule has 2 aliphatic rings. The largest absolute Gasteiger partial charge is 0.497 e. The number of likely N-dealkylation sites (tertiary alicyclic amines) is 1. The van der Waals surface area contributed by atoms with Gasteiger partial charge in [-0.15, -0.1) is 0 Å². The van der Waals surface area contributed by atoms with Gasteiger partial charge in [0.25, 0.3) is 0 Å². The predicted octanol–water partition coefficient (Wildman–Crippen LogP) is 6.48. The van der Waals surface area contributed by atoms with E-state index in [1.54, 1.807) is 12.1 Å².